The molecule has 10 nitrogen and oxygen atoms in total. The lowest BCUT2D eigenvalue weighted by molar-refractivity contribution is 0.0373. The van der Waals surface area contributed by atoms with Gasteiger partial charge < -0.3 is 25.0 Å². The Balaban J connectivity index is 1.69. The van der Waals surface area contributed by atoms with Gasteiger partial charge in [0.05, 0.1) is 35.3 Å². The first-order valence-corrected chi connectivity index (χ1v) is 14.9. The van der Waals surface area contributed by atoms with Crippen molar-refractivity contribution in [1.29, 1.82) is 0 Å². The van der Waals surface area contributed by atoms with Gasteiger partial charge in [-0.05, 0) is 50.2 Å². The van der Waals surface area contributed by atoms with Gasteiger partial charge in [0.25, 0.3) is 15.9 Å². The van der Waals surface area contributed by atoms with Gasteiger partial charge in [-0.3, -0.25) is 9.52 Å². The second-order valence-corrected chi connectivity index (χ2v) is 12.1. The maximum Gasteiger partial charge on any atom is 0.321 e. The Labute approximate surface area is 241 Å². The Bertz CT molecular complexity index is 1480. The molecule has 11 heteroatoms. The van der Waals surface area contributed by atoms with Crippen molar-refractivity contribution in [3.8, 4) is 5.75 Å². The van der Waals surface area contributed by atoms with Crippen LogP contribution in [0.2, 0.25) is 0 Å². The largest absolute Gasteiger partial charge is 0.485 e. The van der Waals surface area contributed by atoms with E-state index >= 15 is 0 Å². The third-order valence-corrected chi connectivity index (χ3v) is 8.47. The van der Waals surface area contributed by atoms with Crippen LogP contribution in [0.4, 0.5) is 16.2 Å². The number of hydrogen-bond acceptors (Lipinski definition) is 6. The summed E-state index contributed by atoms with van der Waals surface area (Å²) in [6.07, 6.45) is -0.619. The summed E-state index contributed by atoms with van der Waals surface area (Å²) < 4.78 is 35.6. The maximum atomic E-state index is 13.7. The van der Waals surface area contributed by atoms with E-state index in [9.17, 15) is 23.1 Å². The molecule has 3 aromatic rings. The predicted molar refractivity (Wildman–Crippen MR) is 158 cm³/mol. The topological polar surface area (TPSA) is 128 Å². The quantitative estimate of drug-likeness (QED) is 0.367. The molecular weight excluding hydrogens is 544 g/mol. The molecule has 3 aromatic carbocycles. The minimum atomic E-state index is -4.01. The summed E-state index contributed by atoms with van der Waals surface area (Å²) in [5.74, 6) is -0.606. The fourth-order valence-electron chi connectivity index (χ4n) is 4.56. The van der Waals surface area contributed by atoms with Crippen LogP contribution in [0.25, 0.3) is 0 Å². The van der Waals surface area contributed by atoms with Crippen molar-refractivity contribution in [2.24, 2.45) is 5.92 Å². The standard InChI is InChI=1S/C30H36N4O6S/c1-20-13-15-24(16-14-20)41(38,39)32-26-12-8-11-25-28(26)40-27(21(2)17-34(29(25)36)22(3)19-35)18-33(4)30(37)31-23-9-6-5-7-10-23/h5-16,21-22,27,32,35H,17-19H2,1-4H3,(H,31,37)/t21-,22+,27-/m0/s1. The number of likely N-dealkylation sites (N-methyl/N-ethyl adjacent to an activating group) is 1. The number of para-hydroxylation sites is 2. The summed E-state index contributed by atoms with van der Waals surface area (Å²) in [6.45, 7) is 5.65. The molecule has 41 heavy (non-hydrogen) atoms. The monoisotopic (exact) mass is 580 g/mol. The number of carbonyl (C=O) groups excluding carboxylic acids is 2. The van der Waals surface area contributed by atoms with E-state index in [4.69, 9.17) is 4.74 Å². The van der Waals surface area contributed by atoms with E-state index < -0.39 is 28.1 Å². The fraction of sp³-hybridized carbons (Fsp3) is 0.333. The summed E-state index contributed by atoms with van der Waals surface area (Å²) in [7, 11) is -2.37. The van der Waals surface area contributed by atoms with Crippen molar-refractivity contribution < 1.29 is 27.9 Å². The second kappa shape index (κ2) is 12.6. The number of aliphatic hydroxyl groups excluding tert-OH is 1. The van der Waals surface area contributed by atoms with Crippen LogP contribution in [0, 0.1) is 12.8 Å². The van der Waals surface area contributed by atoms with Gasteiger partial charge >= 0.3 is 6.03 Å². The number of aryl methyl sites for hydroxylation is 1. The van der Waals surface area contributed by atoms with E-state index in [2.05, 4.69) is 10.0 Å². The molecule has 4 rings (SSSR count). The molecule has 0 fully saturated rings. The summed E-state index contributed by atoms with van der Waals surface area (Å²) in [5, 5.41) is 12.7. The summed E-state index contributed by atoms with van der Waals surface area (Å²) >= 11 is 0. The molecule has 1 aliphatic heterocycles. The van der Waals surface area contributed by atoms with E-state index in [1.54, 1.807) is 55.3 Å². The first-order valence-electron chi connectivity index (χ1n) is 13.4. The number of fused-ring (bicyclic) bond motifs is 1. The first-order chi connectivity index (χ1) is 19.5. The molecule has 1 heterocycles. The number of anilines is 2. The summed E-state index contributed by atoms with van der Waals surface area (Å²) in [6, 6.07) is 19.3. The van der Waals surface area contributed by atoms with Gasteiger partial charge in [-0.15, -0.1) is 0 Å². The number of ether oxygens (including phenoxy) is 1. The van der Waals surface area contributed by atoms with Crippen molar-refractivity contribution in [1.82, 2.24) is 9.80 Å². The minimum absolute atomic E-state index is 0.0654. The lowest BCUT2D eigenvalue weighted by Crippen LogP contribution is -2.50. The average Bonchev–Trinajstić information content (AvgIpc) is 2.95. The molecule has 0 unspecified atom stereocenters. The molecule has 218 valence electrons. The van der Waals surface area contributed by atoms with Crippen LogP contribution in [0.1, 0.15) is 29.8 Å². The smallest absolute Gasteiger partial charge is 0.321 e. The third-order valence-electron chi connectivity index (χ3n) is 7.09. The zero-order valence-corrected chi connectivity index (χ0v) is 24.4. The van der Waals surface area contributed by atoms with E-state index in [0.29, 0.717) is 5.69 Å². The van der Waals surface area contributed by atoms with Gasteiger partial charge in [0.1, 0.15) is 6.10 Å². The van der Waals surface area contributed by atoms with Gasteiger partial charge in [0.15, 0.2) is 5.75 Å². The van der Waals surface area contributed by atoms with Gasteiger partial charge in [-0.1, -0.05) is 48.9 Å². The highest BCUT2D eigenvalue weighted by atomic mass is 32.2. The average molecular weight is 581 g/mol. The van der Waals surface area contributed by atoms with Crippen molar-refractivity contribution in [2.45, 2.75) is 37.8 Å². The number of aliphatic hydroxyl groups is 1. The summed E-state index contributed by atoms with van der Waals surface area (Å²) in [5.41, 5.74) is 1.81. The minimum Gasteiger partial charge on any atom is -0.485 e. The molecule has 0 bridgehead atoms. The number of urea groups is 1. The molecule has 1 aliphatic rings. The molecule has 0 aliphatic carbocycles. The van der Waals surface area contributed by atoms with Crippen molar-refractivity contribution in [3.63, 3.8) is 0 Å². The van der Waals surface area contributed by atoms with Crippen LogP contribution in [-0.2, 0) is 10.0 Å². The van der Waals surface area contributed by atoms with Crippen LogP contribution >= 0.6 is 0 Å². The molecule has 3 amide bonds. The van der Waals surface area contributed by atoms with Crippen molar-refractivity contribution in [3.05, 3.63) is 83.9 Å². The normalized spacial score (nSPS) is 17.9. The Morgan fingerprint density at radius 2 is 1.78 bits per heavy atom. The molecule has 3 atom stereocenters. The van der Waals surface area contributed by atoms with Crippen molar-refractivity contribution >= 4 is 33.3 Å². The van der Waals surface area contributed by atoms with Crippen LogP contribution in [0.5, 0.6) is 5.75 Å². The van der Waals surface area contributed by atoms with E-state index in [1.807, 2.05) is 32.0 Å². The Morgan fingerprint density at radius 1 is 1.10 bits per heavy atom. The van der Waals surface area contributed by atoms with Gasteiger partial charge in [0.2, 0.25) is 0 Å². The van der Waals surface area contributed by atoms with Gasteiger partial charge in [-0.2, -0.15) is 0 Å². The fourth-order valence-corrected chi connectivity index (χ4v) is 5.62. The number of rotatable bonds is 8. The highest BCUT2D eigenvalue weighted by Gasteiger charge is 2.35. The zero-order chi connectivity index (χ0) is 29.7. The number of sulfonamides is 1. The Kier molecular flexibility index (Phi) is 9.19. The van der Waals surface area contributed by atoms with E-state index in [1.165, 1.54) is 23.1 Å². The molecule has 3 N–H and O–H groups in total. The van der Waals surface area contributed by atoms with Crippen LogP contribution in [0.3, 0.4) is 0 Å². The Morgan fingerprint density at radius 3 is 2.44 bits per heavy atom. The molecule has 0 radical (unpaired) electrons. The maximum absolute atomic E-state index is 13.7. The number of nitrogens with zero attached hydrogens (tertiary/aromatic N) is 2. The number of nitrogens with one attached hydrogen (secondary N) is 2. The van der Waals surface area contributed by atoms with E-state index in [0.717, 1.165) is 5.56 Å². The number of benzene rings is 3. The summed E-state index contributed by atoms with van der Waals surface area (Å²) in [4.78, 5) is 29.8. The lowest BCUT2D eigenvalue weighted by atomic mass is 9.99. The van der Waals surface area contributed by atoms with Gasteiger partial charge in [-0.25, -0.2) is 13.2 Å². The lowest BCUT2D eigenvalue weighted by Gasteiger charge is -2.38. The predicted octanol–water partition coefficient (Wildman–Crippen LogP) is 4.18. The van der Waals surface area contributed by atoms with Crippen molar-refractivity contribution in [2.75, 3.05) is 36.8 Å². The van der Waals surface area contributed by atoms with Crippen LogP contribution < -0.4 is 14.8 Å². The third kappa shape index (κ3) is 6.98. The highest BCUT2D eigenvalue weighted by Crippen LogP contribution is 2.36. The number of amides is 3. The second-order valence-electron chi connectivity index (χ2n) is 10.4. The number of hydrogen-bond donors (Lipinski definition) is 3. The zero-order valence-electron chi connectivity index (χ0n) is 23.6. The van der Waals surface area contributed by atoms with E-state index in [-0.39, 0.29) is 53.5 Å². The molecular formula is C30H36N4O6S. The molecule has 0 spiro atoms. The Hall–Kier alpha value is -4.09. The van der Waals surface area contributed by atoms with Crippen LogP contribution in [-0.4, -0.2) is 74.2 Å². The SMILES string of the molecule is Cc1ccc(S(=O)(=O)Nc2cccc3c2O[C@@H](CN(C)C(=O)Nc2ccccc2)[C@@H](C)CN([C@H](C)CO)C3=O)cc1. The molecule has 0 aromatic heterocycles. The van der Waals surface area contributed by atoms with Crippen LogP contribution in [0.15, 0.2) is 77.7 Å². The highest BCUT2D eigenvalue weighted by molar-refractivity contribution is 7.92. The molecule has 0 saturated heterocycles. The molecule has 0 saturated carbocycles. The van der Waals surface area contributed by atoms with Gasteiger partial charge in [0, 0.05) is 25.2 Å². The first kappa shape index (κ1) is 29.9. The number of carbonyl (C=O) groups is 2.